The lowest BCUT2D eigenvalue weighted by molar-refractivity contribution is 0.0553. The van der Waals surface area contributed by atoms with Crippen LogP contribution in [0.2, 0.25) is 0 Å². The summed E-state index contributed by atoms with van der Waals surface area (Å²) < 4.78 is 5.56. The van der Waals surface area contributed by atoms with Gasteiger partial charge in [0.25, 0.3) is 5.91 Å². The Labute approximate surface area is 152 Å². The third-order valence-electron chi connectivity index (χ3n) is 6.09. The summed E-state index contributed by atoms with van der Waals surface area (Å²) in [6.07, 6.45) is 5.04. The van der Waals surface area contributed by atoms with E-state index in [2.05, 4.69) is 4.98 Å². The maximum atomic E-state index is 13.0. The number of nitrogens with zero attached hydrogens (tertiary/aromatic N) is 2. The second-order valence-electron chi connectivity index (χ2n) is 7.93. The van der Waals surface area contributed by atoms with Crippen LogP contribution in [0.25, 0.3) is 10.9 Å². The summed E-state index contributed by atoms with van der Waals surface area (Å²) in [5.74, 6) is 0.0279. The van der Waals surface area contributed by atoms with Crippen LogP contribution in [-0.4, -0.2) is 59.1 Å². The van der Waals surface area contributed by atoms with Crippen molar-refractivity contribution in [1.29, 1.82) is 0 Å². The van der Waals surface area contributed by atoms with Crippen LogP contribution >= 0.6 is 0 Å². The Hall–Kier alpha value is -2.50. The first kappa shape index (κ1) is 15.7. The Morgan fingerprint density at radius 3 is 2.88 bits per heavy atom. The van der Waals surface area contributed by atoms with E-state index < -0.39 is 5.60 Å². The molecule has 0 radical (unpaired) electrons. The first-order valence-electron chi connectivity index (χ1n) is 9.42. The summed E-state index contributed by atoms with van der Waals surface area (Å²) in [5, 5.41) is 1.19. The average Bonchev–Trinajstić information content (AvgIpc) is 3.29. The SMILES string of the molecule is CN1C[C@]2(CCN(C(=O)c3ccc4[nH]c5c(c4c3)CCCC5)C2)OC1=O. The van der Waals surface area contributed by atoms with Crippen LogP contribution in [0, 0.1) is 0 Å². The number of fused-ring (bicyclic) bond motifs is 3. The molecular weight excluding hydrogens is 330 g/mol. The topological polar surface area (TPSA) is 65.6 Å². The second kappa shape index (κ2) is 5.50. The van der Waals surface area contributed by atoms with Crippen molar-refractivity contribution >= 4 is 22.9 Å². The Morgan fingerprint density at radius 2 is 2.08 bits per heavy atom. The van der Waals surface area contributed by atoms with Gasteiger partial charge >= 0.3 is 6.09 Å². The summed E-state index contributed by atoms with van der Waals surface area (Å²) in [7, 11) is 1.74. The predicted molar refractivity (Wildman–Crippen MR) is 97.3 cm³/mol. The number of H-pyrrole nitrogens is 1. The molecule has 6 nitrogen and oxygen atoms in total. The molecule has 3 heterocycles. The van der Waals surface area contributed by atoms with E-state index in [1.54, 1.807) is 11.9 Å². The van der Waals surface area contributed by atoms with E-state index in [1.807, 2.05) is 23.1 Å². The molecule has 1 aliphatic carbocycles. The highest BCUT2D eigenvalue weighted by molar-refractivity contribution is 5.99. The molecule has 1 N–H and O–H groups in total. The highest BCUT2D eigenvalue weighted by atomic mass is 16.6. The van der Waals surface area contributed by atoms with Crippen molar-refractivity contribution in [2.75, 3.05) is 26.7 Å². The first-order valence-corrected chi connectivity index (χ1v) is 9.42. The van der Waals surface area contributed by atoms with Crippen molar-refractivity contribution in [3.8, 4) is 0 Å². The summed E-state index contributed by atoms with van der Waals surface area (Å²) in [6, 6.07) is 5.97. The fraction of sp³-hybridized carbons (Fsp3) is 0.500. The van der Waals surface area contributed by atoms with E-state index >= 15 is 0 Å². The number of likely N-dealkylation sites (N-methyl/N-ethyl adjacent to an activating group) is 1. The monoisotopic (exact) mass is 353 g/mol. The minimum absolute atomic E-state index is 0.0279. The molecule has 26 heavy (non-hydrogen) atoms. The van der Waals surface area contributed by atoms with Crippen LogP contribution in [-0.2, 0) is 17.6 Å². The molecule has 1 spiro atoms. The number of carbonyl (C=O) groups excluding carboxylic acids is 2. The number of rotatable bonds is 1. The Morgan fingerprint density at radius 1 is 1.23 bits per heavy atom. The molecule has 0 saturated carbocycles. The molecule has 2 saturated heterocycles. The molecule has 2 amide bonds. The second-order valence-corrected chi connectivity index (χ2v) is 7.93. The van der Waals surface area contributed by atoms with Gasteiger partial charge in [-0.1, -0.05) is 0 Å². The van der Waals surface area contributed by atoms with Crippen molar-refractivity contribution in [1.82, 2.24) is 14.8 Å². The zero-order valence-electron chi connectivity index (χ0n) is 15.0. The Balaban J connectivity index is 1.41. The van der Waals surface area contributed by atoms with Crippen molar-refractivity contribution in [3.63, 3.8) is 0 Å². The minimum atomic E-state index is -0.529. The van der Waals surface area contributed by atoms with Crippen LogP contribution < -0.4 is 0 Å². The van der Waals surface area contributed by atoms with Crippen LogP contribution in [0.3, 0.4) is 0 Å². The lowest BCUT2D eigenvalue weighted by Crippen LogP contribution is -2.39. The van der Waals surface area contributed by atoms with Crippen LogP contribution in [0.1, 0.15) is 40.9 Å². The standard InChI is InChI=1S/C20H23N3O3/c1-22-11-20(26-19(22)25)8-9-23(12-20)18(24)13-6-7-17-15(10-13)14-4-2-3-5-16(14)21-17/h6-7,10,21H,2-5,8-9,11-12H2,1H3/t20-/m0/s1. The third-order valence-corrected chi connectivity index (χ3v) is 6.09. The van der Waals surface area contributed by atoms with E-state index in [1.165, 1.54) is 29.5 Å². The van der Waals surface area contributed by atoms with E-state index in [-0.39, 0.29) is 12.0 Å². The molecule has 1 aromatic carbocycles. The maximum absolute atomic E-state index is 13.0. The number of amides is 2. The van der Waals surface area contributed by atoms with Gasteiger partial charge in [-0.3, -0.25) is 4.79 Å². The largest absolute Gasteiger partial charge is 0.439 e. The van der Waals surface area contributed by atoms with Gasteiger partial charge in [0.1, 0.15) is 0 Å². The zero-order valence-corrected chi connectivity index (χ0v) is 15.0. The van der Waals surface area contributed by atoms with Crippen molar-refractivity contribution in [3.05, 3.63) is 35.0 Å². The maximum Gasteiger partial charge on any atom is 0.410 e. The number of nitrogens with one attached hydrogen (secondary N) is 1. The molecule has 2 aliphatic heterocycles. The van der Waals surface area contributed by atoms with Crippen molar-refractivity contribution < 1.29 is 14.3 Å². The van der Waals surface area contributed by atoms with Crippen LogP contribution in [0.4, 0.5) is 4.79 Å². The average molecular weight is 353 g/mol. The van der Waals surface area contributed by atoms with Gasteiger partial charge in [0.05, 0.1) is 13.1 Å². The summed E-state index contributed by atoms with van der Waals surface area (Å²) in [4.78, 5) is 31.7. The molecular formula is C20H23N3O3. The smallest absolute Gasteiger partial charge is 0.410 e. The fourth-order valence-electron chi connectivity index (χ4n) is 4.74. The van der Waals surface area contributed by atoms with Crippen LogP contribution in [0.5, 0.6) is 0 Å². The van der Waals surface area contributed by atoms with Gasteiger partial charge in [-0.15, -0.1) is 0 Å². The van der Waals surface area contributed by atoms with Crippen LogP contribution in [0.15, 0.2) is 18.2 Å². The van der Waals surface area contributed by atoms with E-state index in [9.17, 15) is 9.59 Å². The highest BCUT2D eigenvalue weighted by Crippen LogP contribution is 2.34. The molecule has 3 aliphatic rings. The van der Waals surface area contributed by atoms with E-state index in [0.29, 0.717) is 26.1 Å². The Bertz CT molecular complexity index is 918. The third kappa shape index (κ3) is 2.31. The molecule has 0 unspecified atom stereocenters. The fourth-order valence-corrected chi connectivity index (χ4v) is 4.74. The summed E-state index contributed by atoms with van der Waals surface area (Å²) >= 11 is 0. The van der Waals surface area contributed by atoms with Gasteiger partial charge in [-0.25, -0.2) is 4.79 Å². The number of benzene rings is 1. The Kier molecular flexibility index (Phi) is 3.33. The lowest BCUT2D eigenvalue weighted by Gasteiger charge is -2.22. The predicted octanol–water partition coefficient (Wildman–Crippen LogP) is 2.71. The number of aromatic amines is 1. The first-order chi connectivity index (χ1) is 12.5. The number of ether oxygens (including phenoxy) is 1. The molecule has 1 aromatic heterocycles. The normalized spacial score (nSPS) is 25.2. The highest BCUT2D eigenvalue weighted by Gasteiger charge is 2.49. The van der Waals surface area contributed by atoms with Gasteiger partial charge in [0, 0.05) is 42.2 Å². The lowest BCUT2D eigenvalue weighted by atomic mass is 9.95. The van der Waals surface area contributed by atoms with Gasteiger partial charge < -0.3 is 19.5 Å². The van der Waals surface area contributed by atoms with Crippen molar-refractivity contribution in [2.45, 2.75) is 37.7 Å². The molecule has 2 aromatic rings. The number of hydrogen-bond donors (Lipinski definition) is 1. The molecule has 5 rings (SSSR count). The van der Waals surface area contributed by atoms with Crippen molar-refractivity contribution in [2.24, 2.45) is 0 Å². The summed E-state index contributed by atoms with van der Waals surface area (Å²) in [5.41, 5.74) is 4.03. The molecule has 6 heteroatoms. The number of carbonyl (C=O) groups is 2. The van der Waals surface area contributed by atoms with E-state index in [4.69, 9.17) is 4.74 Å². The number of aryl methyl sites for hydroxylation is 2. The van der Waals surface area contributed by atoms with E-state index in [0.717, 1.165) is 23.9 Å². The molecule has 2 fully saturated rings. The van der Waals surface area contributed by atoms with Gasteiger partial charge in [0.2, 0.25) is 0 Å². The molecule has 1 atom stereocenters. The number of likely N-dealkylation sites (tertiary alicyclic amines) is 1. The summed E-state index contributed by atoms with van der Waals surface area (Å²) in [6.45, 7) is 1.66. The zero-order chi connectivity index (χ0) is 17.9. The molecule has 0 bridgehead atoms. The quantitative estimate of drug-likeness (QED) is 0.857. The van der Waals surface area contributed by atoms with Gasteiger partial charge in [0.15, 0.2) is 5.60 Å². The minimum Gasteiger partial charge on any atom is -0.439 e. The molecule has 136 valence electrons. The number of aromatic nitrogens is 1. The van der Waals surface area contributed by atoms with Gasteiger partial charge in [-0.05, 0) is 49.4 Å². The number of hydrogen-bond acceptors (Lipinski definition) is 3. The van der Waals surface area contributed by atoms with Gasteiger partial charge in [-0.2, -0.15) is 0 Å².